The zero-order valence-corrected chi connectivity index (χ0v) is 15.0. The Labute approximate surface area is 154 Å². The van der Waals surface area contributed by atoms with Gasteiger partial charge in [0.25, 0.3) is 0 Å². The van der Waals surface area contributed by atoms with Crippen molar-refractivity contribution in [1.29, 1.82) is 0 Å². The maximum absolute atomic E-state index is 11.7. The number of rotatable bonds is 6. The first kappa shape index (κ1) is 18.1. The molecule has 2 rings (SSSR count). The Morgan fingerprint density at radius 2 is 1.91 bits per heavy atom. The van der Waals surface area contributed by atoms with Gasteiger partial charge >= 0.3 is 0 Å². The molecule has 0 saturated heterocycles. The van der Waals surface area contributed by atoms with E-state index < -0.39 is 0 Å². The normalized spacial score (nSPS) is 10.9. The van der Waals surface area contributed by atoms with Crippen molar-refractivity contribution in [1.82, 2.24) is 5.43 Å². The van der Waals surface area contributed by atoms with Gasteiger partial charge in [0.05, 0.1) is 17.0 Å². The fourth-order valence-corrected chi connectivity index (χ4v) is 3.24. The van der Waals surface area contributed by atoms with Gasteiger partial charge in [-0.15, -0.1) is 11.8 Å². The van der Waals surface area contributed by atoms with E-state index in [1.165, 1.54) is 18.0 Å². The highest BCUT2D eigenvalue weighted by Gasteiger charge is 2.03. The Morgan fingerprint density at radius 1 is 1.13 bits per heavy atom. The molecule has 1 amide bonds. The highest BCUT2D eigenvalue weighted by Crippen LogP contribution is 2.21. The number of nitrogens with zero attached hydrogens (tertiary/aromatic N) is 1. The van der Waals surface area contributed by atoms with Gasteiger partial charge < -0.3 is 0 Å². The number of nitrogens with one attached hydrogen (secondary N) is 1. The number of hydrazone groups is 1. The third kappa shape index (κ3) is 6.07. The fourth-order valence-electron chi connectivity index (χ4n) is 1.68. The summed E-state index contributed by atoms with van der Waals surface area (Å²) < 4.78 is 0. The largest absolute Gasteiger partial charge is 0.272 e. The molecule has 1 N–H and O–H groups in total. The smallest absolute Gasteiger partial charge is 0.250 e. The molecule has 0 aliphatic carbocycles. The molecular weight excluding hydrogens is 375 g/mol. The molecule has 0 aliphatic rings. The molecule has 0 atom stereocenters. The summed E-state index contributed by atoms with van der Waals surface area (Å²) in [5, 5.41) is 5.61. The Balaban J connectivity index is 1.77. The lowest BCUT2D eigenvalue weighted by Gasteiger charge is -2.03. The molecule has 0 fully saturated rings. The molecule has 0 aliphatic heterocycles. The molecule has 0 aromatic heterocycles. The lowest BCUT2D eigenvalue weighted by molar-refractivity contribution is -0.118. The molecule has 0 unspecified atom stereocenters. The van der Waals surface area contributed by atoms with Gasteiger partial charge in [-0.25, -0.2) is 5.43 Å². The van der Waals surface area contributed by atoms with E-state index in [2.05, 4.69) is 10.5 Å². The van der Waals surface area contributed by atoms with Crippen LogP contribution in [0.15, 0.2) is 47.6 Å². The molecule has 120 valence electrons. The van der Waals surface area contributed by atoms with Gasteiger partial charge in [-0.3, -0.25) is 4.79 Å². The number of benzene rings is 2. The van der Waals surface area contributed by atoms with Crippen LogP contribution < -0.4 is 5.43 Å². The minimum atomic E-state index is -0.191. The molecule has 0 bridgehead atoms. The maximum Gasteiger partial charge on any atom is 0.250 e. The summed E-state index contributed by atoms with van der Waals surface area (Å²) in [6, 6.07) is 12.6. The van der Waals surface area contributed by atoms with E-state index in [4.69, 9.17) is 34.8 Å². The first-order valence-corrected chi connectivity index (χ1v) is 8.93. The summed E-state index contributed by atoms with van der Waals surface area (Å²) in [5.41, 5.74) is 4.14. The van der Waals surface area contributed by atoms with Crippen molar-refractivity contribution in [3.05, 3.63) is 68.7 Å². The number of amides is 1. The summed E-state index contributed by atoms with van der Waals surface area (Å²) in [6.07, 6.45) is 1.48. The Bertz CT molecular complexity index is 722. The van der Waals surface area contributed by atoms with Crippen LogP contribution in [0.5, 0.6) is 0 Å². The molecule has 7 heteroatoms. The summed E-state index contributed by atoms with van der Waals surface area (Å²) in [5.74, 6) is 0.764. The van der Waals surface area contributed by atoms with Gasteiger partial charge in [-0.05, 0) is 23.8 Å². The van der Waals surface area contributed by atoms with Gasteiger partial charge in [-0.1, -0.05) is 59.1 Å². The monoisotopic (exact) mass is 386 g/mol. The number of hydrogen-bond donors (Lipinski definition) is 1. The first-order valence-electron chi connectivity index (χ1n) is 6.64. The summed E-state index contributed by atoms with van der Waals surface area (Å²) >= 11 is 19.3. The minimum absolute atomic E-state index is 0.191. The highest BCUT2D eigenvalue weighted by atomic mass is 35.5. The van der Waals surface area contributed by atoms with Gasteiger partial charge in [0.1, 0.15) is 0 Å². The number of carbonyl (C=O) groups is 1. The lowest BCUT2D eigenvalue weighted by atomic mass is 10.2. The first-order chi connectivity index (χ1) is 11.1. The molecule has 0 saturated carbocycles. The van der Waals surface area contributed by atoms with Crippen LogP contribution in [-0.2, 0) is 10.5 Å². The average Bonchev–Trinajstić information content (AvgIpc) is 2.51. The van der Waals surface area contributed by atoms with Crippen molar-refractivity contribution in [2.75, 3.05) is 5.75 Å². The molecule has 3 nitrogen and oxygen atoms in total. The second-order valence-corrected chi connectivity index (χ2v) is 6.78. The van der Waals surface area contributed by atoms with E-state index in [-0.39, 0.29) is 11.7 Å². The van der Waals surface area contributed by atoms with Crippen LogP contribution in [0.3, 0.4) is 0 Å². The fraction of sp³-hybridized carbons (Fsp3) is 0.125. The Hall–Kier alpha value is -1.20. The van der Waals surface area contributed by atoms with Gasteiger partial charge in [0.15, 0.2) is 0 Å². The molecule has 0 heterocycles. The number of carbonyl (C=O) groups excluding carboxylic acids is 1. The second kappa shape index (κ2) is 9.18. The third-order valence-electron chi connectivity index (χ3n) is 2.80. The van der Waals surface area contributed by atoms with Crippen molar-refractivity contribution in [2.45, 2.75) is 5.75 Å². The Kier molecular flexibility index (Phi) is 7.24. The number of hydrogen-bond acceptors (Lipinski definition) is 3. The molecule has 23 heavy (non-hydrogen) atoms. The molecule has 0 radical (unpaired) electrons. The minimum Gasteiger partial charge on any atom is -0.272 e. The van der Waals surface area contributed by atoms with E-state index in [0.717, 1.165) is 5.56 Å². The zero-order valence-electron chi connectivity index (χ0n) is 11.9. The quantitative estimate of drug-likeness (QED) is 0.558. The summed E-state index contributed by atoms with van der Waals surface area (Å²) in [7, 11) is 0. The SMILES string of the molecule is O=C(CSCc1ccccc1Cl)N/N=C\c1ccc(Cl)cc1Cl. The van der Waals surface area contributed by atoms with Crippen molar-refractivity contribution in [3.63, 3.8) is 0 Å². The van der Waals surface area contributed by atoms with Crippen molar-refractivity contribution in [3.8, 4) is 0 Å². The van der Waals surface area contributed by atoms with Gasteiger partial charge in [0, 0.05) is 21.4 Å². The molecule has 0 spiro atoms. The summed E-state index contributed by atoms with van der Waals surface area (Å²) in [6.45, 7) is 0. The lowest BCUT2D eigenvalue weighted by Crippen LogP contribution is -2.19. The van der Waals surface area contributed by atoms with E-state index in [1.807, 2.05) is 24.3 Å². The van der Waals surface area contributed by atoms with Crippen molar-refractivity contribution < 1.29 is 4.79 Å². The van der Waals surface area contributed by atoms with Crippen LogP contribution in [0.1, 0.15) is 11.1 Å². The number of thioether (sulfide) groups is 1. The van der Waals surface area contributed by atoms with Crippen LogP contribution in [0.4, 0.5) is 0 Å². The van der Waals surface area contributed by atoms with Gasteiger partial charge in [0.2, 0.25) is 5.91 Å². The van der Waals surface area contributed by atoms with Crippen LogP contribution in [0.25, 0.3) is 0 Å². The van der Waals surface area contributed by atoms with E-state index in [9.17, 15) is 4.79 Å². The Morgan fingerprint density at radius 3 is 2.65 bits per heavy atom. The van der Waals surface area contributed by atoms with Crippen LogP contribution in [-0.4, -0.2) is 17.9 Å². The highest BCUT2D eigenvalue weighted by molar-refractivity contribution is 7.99. The predicted molar refractivity (Wildman–Crippen MR) is 99.8 cm³/mol. The average molecular weight is 388 g/mol. The zero-order chi connectivity index (χ0) is 16.7. The number of halogens is 3. The van der Waals surface area contributed by atoms with Crippen LogP contribution in [0.2, 0.25) is 15.1 Å². The van der Waals surface area contributed by atoms with E-state index in [1.54, 1.807) is 18.2 Å². The standard InChI is InChI=1S/C16H13Cl3N2OS/c17-13-6-5-11(15(19)7-13)8-20-21-16(22)10-23-9-12-3-1-2-4-14(12)18/h1-8H,9-10H2,(H,21,22)/b20-8-. The van der Waals surface area contributed by atoms with E-state index >= 15 is 0 Å². The third-order valence-corrected chi connectivity index (χ3v) is 4.72. The summed E-state index contributed by atoms with van der Waals surface area (Å²) in [4.78, 5) is 11.7. The molecule has 2 aromatic rings. The maximum atomic E-state index is 11.7. The van der Waals surface area contributed by atoms with E-state index in [0.29, 0.717) is 26.4 Å². The van der Waals surface area contributed by atoms with Crippen molar-refractivity contribution >= 4 is 58.7 Å². The molecular formula is C16H13Cl3N2OS. The van der Waals surface area contributed by atoms with Crippen LogP contribution in [0, 0.1) is 0 Å². The van der Waals surface area contributed by atoms with Crippen molar-refractivity contribution in [2.24, 2.45) is 5.10 Å². The predicted octanol–water partition coefficient (Wildman–Crippen LogP) is 5.03. The second-order valence-electron chi connectivity index (χ2n) is 4.54. The molecule has 2 aromatic carbocycles. The topological polar surface area (TPSA) is 41.5 Å². The van der Waals surface area contributed by atoms with Crippen LogP contribution >= 0.6 is 46.6 Å². The van der Waals surface area contributed by atoms with Gasteiger partial charge in [-0.2, -0.15) is 5.10 Å².